The Bertz CT molecular complexity index is 818. The highest BCUT2D eigenvalue weighted by atomic mass is 32.2. The third-order valence-electron chi connectivity index (χ3n) is 3.30. The van der Waals surface area contributed by atoms with Gasteiger partial charge in [-0.3, -0.25) is 4.79 Å². The van der Waals surface area contributed by atoms with Crippen LogP contribution in [0.3, 0.4) is 0 Å². The van der Waals surface area contributed by atoms with Gasteiger partial charge in [-0.15, -0.1) is 11.8 Å². The number of hydrogen-bond acceptors (Lipinski definition) is 5. The first kappa shape index (κ1) is 16.3. The minimum Gasteiger partial charge on any atom is -0.439 e. The molecule has 3 aromatic rings. The van der Waals surface area contributed by atoms with Crippen molar-refractivity contribution in [3.8, 4) is 11.3 Å². The lowest BCUT2D eigenvalue weighted by atomic mass is 10.2. The molecule has 6 heteroatoms. The summed E-state index contributed by atoms with van der Waals surface area (Å²) in [6.07, 6.45) is 3.31. The van der Waals surface area contributed by atoms with Crippen LogP contribution in [0.1, 0.15) is 23.2 Å². The van der Waals surface area contributed by atoms with Crippen molar-refractivity contribution in [2.45, 2.75) is 18.5 Å². The Morgan fingerprint density at radius 1 is 1.21 bits per heavy atom. The number of thioether (sulfide) groups is 1. The van der Waals surface area contributed by atoms with Gasteiger partial charge in [-0.05, 0) is 17.9 Å². The Morgan fingerprint density at radius 3 is 2.83 bits per heavy atom. The number of carbonyl (C=O) groups is 1. The summed E-state index contributed by atoms with van der Waals surface area (Å²) < 4.78 is 5.68. The zero-order valence-corrected chi connectivity index (χ0v) is 14.0. The predicted molar refractivity (Wildman–Crippen MR) is 93.7 cm³/mol. The molecule has 0 aliphatic heterocycles. The molecule has 1 aromatic carbocycles. The average Bonchev–Trinajstić information content (AvgIpc) is 3.10. The van der Waals surface area contributed by atoms with E-state index in [1.54, 1.807) is 36.3 Å². The van der Waals surface area contributed by atoms with E-state index in [4.69, 9.17) is 4.42 Å². The quantitative estimate of drug-likeness (QED) is 0.692. The van der Waals surface area contributed by atoms with Crippen LogP contribution in [-0.4, -0.2) is 21.6 Å². The third kappa shape index (κ3) is 4.02. The van der Waals surface area contributed by atoms with E-state index in [0.29, 0.717) is 17.2 Å². The zero-order chi connectivity index (χ0) is 16.8. The number of amides is 1. The summed E-state index contributed by atoms with van der Waals surface area (Å²) in [5.41, 5.74) is 1.54. The van der Waals surface area contributed by atoms with E-state index in [9.17, 15) is 4.79 Å². The van der Waals surface area contributed by atoms with Gasteiger partial charge in [-0.25, -0.2) is 9.97 Å². The lowest BCUT2D eigenvalue weighted by Gasteiger charge is -2.04. The summed E-state index contributed by atoms with van der Waals surface area (Å²) in [4.78, 5) is 20.7. The molecule has 2 aromatic heterocycles. The van der Waals surface area contributed by atoms with Gasteiger partial charge in [0.15, 0.2) is 5.76 Å². The molecular formula is C18H17N3O2S. The van der Waals surface area contributed by atoms with Crippen molar-refractivity contribution < 1.29 is 9.21 Å². The second-order valence-electron chi connectivity index (χ2n) is 4.98. The first-order valence-electron chi connectivity index (χ1n) is 7.63. The molecule has 0 fully saturated rings. The largest absolute Gasteiger partial charge is 0.439 e. The maximum absolute atomic E-state index is 12.2. The van der Waals surface area contributed by atoms with Gasteiger partial charge in [0, 0.05) is 17.3 Å². The zero-order valence-electron chi connectivity index (χ0n) is 13.2. The van der Waals surface area contributed by atoms with Crippen molar-refractivity contribution in [2.75, 3.05) is 5.75 Å². The molecule has 2 heterocycles. The fourth-order valence-corrected chi connectivity index (χ4v) is 2.80. The van der Waals surface area contributed by atoms with Crippen LogP contribution in [-0.2, 0) is 6.54 Å². The van der Waals surface area contributed by atoms with Crippen molar-refractivity contribution in [1.29, 1.82) is 0 Å². The highest BCUT2D eigenvalue weighted by molar-refractivity contribution is 7.99. The van der Waals surface area contributed by atoms with Crippen LogP contribution in [0.4, 0.5) is 0 Å². The summed E-state index contributed by atoms with van der Waals surface area (Å²) in [6.45, 7) is 2.29. The molecular weight excluding hydrogens is 322 g/mol. The highest BCUT2D eigenvalue weighted by Gasteiger charge is 2.10. The number of nitrogens with zero attached hydrogens (tertiary/aromatic N) is 2. The first-order valence-corrected chi connectivity index (χ1v) is 8.62. The van der Waals surface area contributed by atoms with E-state index in [1.165, 1.54) is 0 Å². The molecule has 3 rings (SSSR count). The molecule has 0 atom stereocenters. The minimum absolute atomic E-state index is 0.171. The Balaban J connectivity index is 1.62. The average molecular weight is 339 g/mol. The van der Waals surface area contributed by atoms with Gasteiger partial charge < -0.3 is 9.73 Å². The Hall–Kier alpha value is -2.60. The first-order chi connectivity index (χ1) is 11.8. The Kier molecular flexibility index (Phi) is 5.28. The lowest BCUT2D eigenvalue weighted by Crippen LogP contribution is -2.23. The van der Waals surface area contributed by atoms with Crippen LogP contribution >= 0.6 is 11.8 Å². The molecule has 122 valence electrons. The van der Waals surface area contributed by atoms with Crippen molar-refractivity contribution in [3.05, 3.63) is 66.3 Å². The molecule has 0 aliphatic rings. The SMILES string of the molecule is CCSc1cc(C(=O)NCc2ncc(-c3ccccc3)o2)ccn1. The lowest BCUT2D eigenvalue weighted by molar-refractivity contribution is 0.0947. The normalized spacial score (nSPS) is 10.5. The number of rotatable bonds is 6. The number of benzene rings is 1. The summed E-state index contributed by atoms with van der Waals surface area (Å²) in [5.74, 6) is 1.90. The molecule has 5 nitrogen and oxygen atoms in total. The molecule has 24 heavy (non-hydrogen) atoms. The molecule has 0 saturated heterocycles. The van der Waals surface area contributed by atoms with Crippen LogP contribution in [0.2, 0.25) is 0 Å². The molecule has 0 saturated carbocycles. The topological polar surface area (TPSA) is 68.0 Å². The number of oxazole rings is 1. The van der Waals surface area contributed by atoms with Crippen LogP contribution < -0.4 is 5.32 Å². The molecule has 0 spiro atoms. The molecule has 0 unspecified atom stereocenters. The van der Waals surface area contributed by atoms with E-state index in [0.717, 1.165) is 16.3 Å². The molecule has 0 radical (unpaired) electrons. The number of pyridine rings is 1. The van der Waals surface area contributed by atoms with E-state index in [1.807, 2.05) is 37.3 Å². The Morgan fingerprint density at radius 2 is 2.04 bits per heavy atom. The van der Waals surface area contributed by atoms with Crippen LogP contribution in [0.5, 0.6) is 0 Å². The third-order valence-corrected chi connectivity index (χ3v) is 4.11. The summed E-state index contributed by atoms with van der Waals surface area (Å²) in [7, 11) is 0. The van der Waals surface area contributed by atoms with Gasteiger partial charge in [-0.1, -0.05) is 37.3 Å². The number of carbonyl (C=O) groups excluding carboxylic acids is 1. The molecule has 1 amide bonds. The van der Waals surface area contributed by atoms with E-state index in [-0.39, 0.29) is 12.5 Å². The molecule has 0 bridgehead atoms. The van der Waals surface area contributed by atoms with Crippen molar-refractivity contribution in [2.24, 2.45) is 0 Å². The van der Waals surface area contributed by atoms with Gasteiger partial charge in [-0.2, -0.15) is 0 Å². The fourth-order valence-electron chi connectivity index (χ4n) is 2.16. The number of nitrogens with one attached hydrogen (secondary N) is 1. The summed E-state index contributed by atoms with van der Waals surface area (Å²) >= 11 is 1.60. The molecule has 1 N–H and O–H groups in total. The number of aromatic nitrogens is 2. The van der Waals surface area contributed by atoms with Gasteiger partial charge in [0.25, 0.3) is 5.91 Å². The van der Waals surface area contributed by atoms with E-state index < -0.39 is 0 Å². The predicted octanol–water partition coefficient (Wildman–Crippen LogP) is 3.78. The van der Waals surface area contributed by atoms with E-state index in [2.05, 4.69) is 15.3 Å². The van der Waals surface area contributed by atoms with Crippen LogP contribution in [0.25, 0.3) is 11.3 Å². The van der Waals surface area contributed by atoms with Gasteiger partial charge in [0.2, 0.25) is 5.89 Å². The van der Waals surface area contributed by atoms with Gasteiger partial charge in [0.1, 0.15) is 0 Å². The van der Waals surface area contributed by atoms with Crippen molar-refractivity contribution in [1.82, 2.24) is 15.3 Å². The second-order valence-corrected chi connectivity index (χ2v) is 6.27. The summed E-state index contributed by atoms with van der Waals surface area (Å²) in [5, 5.41) is 3.66. The van der Waals surface area contributed by atoms with Crippen LogP contribution in [0, 0.1) is 0 Å². The summed E-state index contributed by atoms with van der Waals surface area (Å²) in [6, 6.07) is 13.2. The smallest absolute Gasteiger partial charge is 0.251 e. The maximum Gasteiger partial charge on any atom is 0.251 e. The number of hydrogen-bond donors (Lipinski definition) is 1. The standard InChI is InChI=1S/C18H17N3O2S/c1-2-24-17-10-14(8-9-19-17)18(22)21-12-16-20-11-15(23-16)13-6-4-3-5-7-13/h3-11H,2,12H2,1H3,(H,21,22). The fraction of sp³-hybridized carbons (Fsp3) is 0.167. The minimum atomic E-state index is -0.171. The van der Waals surface area contributed by atoms with Crippen molar-refractivity contribution >= 4 is 17.7 Å². The monoisotopic (exact) mass is 339 g/mol. The second kappa shape index (κ2) is 7.79. The van der Waals surface area contributed by atoms with Crippen LogP contribution in [0.15, 0.2) is 64.3 Å². The Labute approximate surface area is 144 Å². The van der Waals surface area contributed by atoms with Gasteiger partial charge >= 0.3 is 0 Å². The van der Waals surface area contributed by atoms with Crippen molar-refractivity contribution in [3.63, 3.8) is 0 Å². The van der Waals surface area contributed by atoms with Gasteiger partial charge in [0.05, 0.1) is 17.8 Å². The highest BCUT2D eigenvalue weighted by Crippen LogP contribution is 2.20. The maximum atomic E-state index is 12.2. The molecule has 0 aliphatic carbocycles. The van der Waals surface area contributed by atoms with E-state index >= 15 is 0 Å².